The van der Waals surface area contributed by atoms with E-state index in [2.05, 4.69) is 21.2 Å². The molecule has 2 atom stereocenters. The molecule has 0 saturated carbocycles. The van der Waals surface area contributed by atoms with Gasteiger partial charge in [0.2, 0.25) is 0 Å². The monoisotopic (exact) mass is 351 g/mol. The second kappa shape index (κ2) is 7.46. The normalized spacial score (nSPS) is 15.2. The van der Waals surface area contributed by atoms with Crippen molar-refractivity contribution in [1.29, 1.82) is 0 Å². The van der Waals surface area contributed by atoms with Crippen molar-refractivity contribution in [1.82, 2.24) is 5.32 Å². The van der Waals surface area contributed by atoms with Crippen LogP contribution in [0.1, 0.15) is 50.8 Å². The first-order chi connectivity index (χ1) is 9.31. The van der Waals surface area contributed by atoms with E-state index >= 15 is 0 Å². The highest BCUT2D eigenvalue weighted by Crippen LogP contribution is 2.38. The van der Waals surface area contributed by atoms with Gasteiger partial charge in [-0.3, -0.25) is 0 Å². The van der Waals surface area contributed by atoms with Crippen LogP contribution in [0.5, 0.6) is 0 Å². The molecule has 5 heteroatoms. The fourth-order valence-corrected chi connectivity index (χ4v) is 2.87. The van der Waals surface area contributed by atoms with Gasteiger partial charge in [-0.2, -0.15) is 13.2 Å². The van der Waals surface area contributed by atoms with Gasteiger partial charge in [-0.25, -0.2) is 0 Å². The van der Waals surface area contributed by atoms with Crippen molar-refractivity contribution in [3.63, 3.8) is 0 Å². The molecule has 114 valence electrons. The zero-order chi connectivity index (χ0) is 15.3. The molecule has 0 aliphatic rings. The van der Waals surface area contributed by atoms with Crippen LogP contribution in [-0.2, 0) is 6.18 Å². The van der Waals surface area contributed by atoms with Gasteiger partial charge in [-0.15, -0.1) is 0 Å². The van der Waals surface area contributed by atoms with Gasteiger partial charge in [0.15, 0.2) is 0 Å². The third kappa shape index (κ3) is 4.48. The van der Waals surface area contributed by atoms with Crippen molar-refractivity contribution < 1.29 is 13.2 Å². The van der Waals surface area contributed by atoms with Gasteiger partial charge < -0.3 is 5.32 Å². The van der Waals surface area contributed by atoms with Gasteiger partial charge in [0, 0.05) is 10.5 Å². The lowest BCUT2D eigenvalue weighted by atomic mass is 9.88. The largest absolute Gasteiger partial charge is 0.416 e. The molecule has 1 aromatic rings. The molecule has 1 rings (SSSR count). The van der Waals surface area contributed by atoms with Gasteiger partial charge in [0.25, 0.3) is 0 Å². The molecule has 0 aliphatic carbocycles. The third-order valence-electron chi connectivity index (χ3n) is 3.39. The van der Waals surface area contributed by atoms with E-state index in [0.717, 1.165) is 12.8 Å². The van der Waals surface area contributed by atoms with E-state index in [1.54, 1.807) is 12.1 Å². The second-order valence-electron chi connectivity index (χ2n) is 5.03. The molecule has 0 spiro atoms. The summed E-state index contributed by atoms with van der Waals surface area (Å²) in [7, 11) is 0. The van der Waals surface area contributed by atoms with Crippen LogP contribution in [0, 0.1) is 5.92 Å². The first-order valence-electron chi connectivity index (χ1n) is 6.91. The summed E-state index contributed by atoms with van der Waals surface area (Å²) in [6.45, 7) is 6.61. The second-order valence-corrected chi connectivity index (χ2v) is 5.95. The van der Waals surface area contributed by atoms with Crippen LogP contribution < -0.4 is 5.32 Å². The van der Waals surface area contributed by atoms with Crippen LogP contribution in [0.2, 0.25) is 0 Å². The van der Waals surface area contributed by atoms with E-state index in [0.29, 0.717) is 16.6 Å². The standard InChI is InChI=1S/C15H21BrF3N/c1-4-6-10(3)14(20-5-2)12-8-7-11(16)9-13(12)15(17,18)19/h7-10,14,20H,4-6H2,1-3H3. The molecule has 0 saturated heterocycles. The minimum absolute atomic E-state index is 0.155. The number of benzene rings is 1. The van der Waals surface area contributed by atoms with Crippen molar-refractivity contribution in [2.75, 3.05) is 6.54 Å². The Morgan fingerprint density at radius 2 is 1.90 bits per heavy atom. The predicted molar refractivity (Wildman–Crippen MR) is 79.6 cm³/mol. The van der Waals surface area contributed by atoms with E-state index in [-0.39, 0.29) is 12.0 Å². The lowest BCUT2D eigenvalue weighted by Crippen LogP contribution is -2.29. The van der Waals surface area contributed by atoms with E-state index < -0.39 is 11.7 Å². The average molecular weight is 352 g/mol. The maximum absolute atomic E-state index is 13.2. The topological polar surface area (TPSA) is 12.0 Å². The lowest BCUT2D eigenvalue weighted by molar-refractivity contribution is -0.138. The summed E-state index contributed by atoms with van der Waals surface area (Å²) in [6, 6.07) is 4.14. The van der Waals surface area contributed by atoms with Crippen LogP contribution in [0.3, 0.4) is 0 Å². The number of halogens is 4. The molecule has 1 nitrogen and oxygen atoms in total. The molecule has 0 heterocycles. The molecule has 20 heavy (non-hydrogen) atoms. The molecule has 0 amide bonds. The summed E-state index contributed by atoms with van der Waals surface area (Å²) in [6.07, 6.45) is -2.48. The van der Waals surface area contributed by atoms with Gasteiger partial charge >= 0.3 is 6.18 Å². The first-order valence-corrected chi connectivity index (χ1v) is 7.70. The summed E-state index contributed by atoms with van der Waals surface area (Å²) in [5, 5.41) is 3.20. The molecule has 0 aromatic heterocycles. The Kier molecular flexibility index (Phi) is 6.52. The van der Waals surface area contributed by atoms with Crippen molar-refractivity contribution in [2.45, 2.75) is 45.8 Å². The predicted octanol–water partition coefficient (Wildman–Crippen LogP) is 5.55. The molecule has 2 unspecified atom stereocenters. The molecular formula is C15H21BrF3N. The van der Waals surface area contributed by atoms with Crippen molar-refractivity contribution in [3.8, 4) is 0 Å². The molecular weight excluding hydrogens is 331 g/mol. The van der Waals surface area contributed by atoms with Gasteiger partial charge in [0.05, 0.1) is 5.56 Å². The number of rotatable bonds is 6. The van der Waals surface area contributed by atoms with Crippen LogP contribution in [0.25, 0.3) is 0 Å². The van der Waals surface area contributed by atoms with Gasteiger partial charge in [-0.05, 0) is 36.6 Å². The van der Waals surface area contributed by atoms with Crippen molar-refractivity contribution in [3.05, 3.63) is 33.8 Å². The highest BCUT2D eigenvalue weighted by atomic mass is 79.9. The highest BCUT2D eigenvalue weighted by molar-refractivity contribution is 9.10. The maximum Gasteiger partial charge on any atom is 0.416 e. The summed E-state index contributed by atoms with van der Waals surface area (Å²) < 4.78 is 40.1. The average Bonchev–Trinajstić information content (AvgIpc) is 2.35. The van der Waals surface area contributed by atoms with Gasteiger partial charge in [0.1, 0.15) is 0 Å². The fourth-order valence-electron chi connectivity index (χ4n) is 2.50. The summed E-state index contributed by atoms with van der Waals surface area (Å²) in [4.78, 5) is 0. The van der Waals surface area contributed by atoms with Crippen LogP contribution in [-0.4, -0.2) is 6.54 Å². The Hall–Kier alpha value is -0.550. The maximum atomic E-state index is 13.2. The van der Waals surface area contributed by atoms with Crippen LogP contribution in [0.4, 0.5) is 13.2 Å². The molecule has 0 fully saturated rings. The molecule has 0 bridgehead atoms. The molecule has 1 N–H and O–H groups in total. The molecule has 1 aromatic carbocycles. The van der Waals surface area contributed by atoms with Crippen molar-refractivity contribution >= 4 is 15.9 Å². The SMILES string of the molecule is CCCC(C)C(NCC)c1ccc(Br)cc1C(F)(F)F. The zero-order valence-corrected chi connectivity index (χ0v) is 13.6. The molecule has 0 aliphatic heterocycles. The Labute approximate surface area is 127 Å². The Bertz CT molecular complexity index is 432. The Morgan fingerprint density at radius 1 is 1.25 bits per heavy atom. The van der Waals surface area contributed by atoms with Gasteiger partial charge in [-0.1, -0.05) is 49.2 Å². The smallest absolute Gasteiger partial charge is 0.310 e. The number of nitrogens with one attached hydrogen (secondary N) is 1. The van der Waals surface area contributed by atoms with E-state index in [1.165, 1.54) is 6.07 Å². The minimum atomic E-state index is -4.33. The Morgan fingerprint density at radius 3 is 2.40 bits per heavy atom. The minimum Gasteiger partial charge on any atom is -0.310 e. The zero-order valence-electron chi connectivity index (χ0n) is 12.0. The lowest BCUT2D eigenvalue weighted by Gasteiger charge is -2.28. The quantitative estimate of drug-likeness (QED) is 0.707. The van der Waals surface area contributed by atoms with E-state index in [9.17, 15) is 13.2 Å². The van der Waals surface area contributed by atoms with Crippen LogP contribution >= 0.6 is 15.9 Å². The van der Waals surface area contributed by atoms with E-state index in [4.69, 9.17) is 0 Å². The number of alkyl halides is 3. The summed E-state index contributed by atoms with van der Waals surface area (Å²) >= 11 is 3.12. The molecule has 0 radical (unpaired) electrons. The summed E-state index contributed by atoms with van der Waals surface area (Å²) in [5.41, 5.74) is -0.218. The number of hydrogen-bond acceptors (Lipinski definition) is 1. The summed E-state index contributed by atoms with van der Waals surface area (Å²) in [5.74, 6) is 0.155. The Balaban J connectivity index is 3.25. The third-order valence-corrected chi connectivity index (χ3v) is 3.89. The first kappa shape index (κ1) is 17.5. The van der Waals surface area contributed by atoms with Crippen molar-refractivity contribution in [2.24, 2.45) is 5.92 Å². The van der Waals surface area contributed by atoms with E-state index in [1.807, 2.05) is 20.8 Å². The highest BCUT2D eigenvalue weighted by Gasteiger charge is 2.36. The van der Waals surface area contributed by atoms with Crippen LogP contribution in [0.15, 0.2) is 22.7 Å². The number of hydrogen-bond donors (Lipinski definition) is 1. The fraction of sp³-hybridized carbons (Fsp3) is 0.600.